The summed E-state index contributed by atoms with van der Waals surface area (Å²) in [5, 5.41) is 1.95. The first-order valence-corrected chi connectivity index (χ1v) is 5.12. The molecule has 0 fully saturated rings. The molecule has 0 bridgehead atoms. The van der Waals surface area contributed by atoms with E-state index in [1.165, 1.54) is 11.1 Å². The number of nitrogens with one attached hydrogen (secondary N) is 1. The van der Waals surface area contributed by atoms with E-state index in [1.807, 2.05) is 19.1 Å². The SMILES string of the molecule is COc1cc(C)ccc1C(C)NN(C)C. The lowest BCUT2D eigenvalue weighted by Gasteiger charge is -2.21. The molecule has 3 heteroatoms. The van der Waals surface area contributed by atoms with Gasteiger partial charge in [0.25, 0.3) is 0 Å². The summed E-state index contributed by atoms with van der Waals surface area (Å²) in [5.41, 5.74) is 5.70. The second-order valence-electron chi connectivity index (χ2n) is 3.99. The van der Waals surface area contributed by atoms with Crippen molar-refractivity contribution in [3.8, 4) is 5.75 Å². The summed E-state index contributed by atoms with van der Waals surface area (Å²) in [7, 11) is 5.68. The largest absolute Gasteiger partial charge is 0.496 e. The van der Waals surface area contributed by atoms with Crippen LogP contribution < -0.4 is 10.2 Å². The Labute approximate surface area is 92.0 Å². The highest BCUT2D eigenvalue weighted by Crippen LogP contribution is 2.25. The van der Waals surface area contributed by atoms with Crippen molar-refractivity contribution < 1.29 is 4.74 Å². The molecule has 0 radical (unpaired) electrons. The molecule has 1 aromatic carbocycles. The van der Waals surface area contributed by atoms with E-state index >= 15 is 0 Å². The third-order valence-corrected chi connectivity index (χ3v) is 2.31. The topological polar surface area (TPSA) is 24.5 Å². The molecular weight excluding hydrogens is 188 g/mol. The fourth-order valence-corrected chi connectivity index (χ4v) is 1.63. The quantitative estimate of drug-likeness (QED) is 0.767. The Hall–Kier alpha value is -1.06. The first-order chi connectivity index (χ1) is 7.04. The van der Waals surface area contributed by atoms with E-state index in [0.29, 0.717) is 0 Å². The van der Waals surface area contributed by atoms with Crippen LogP contribution in [-0.2, 0) is 0 Å². The molecule has 0 aliphatic carbocycles. The molecular formula is C12H20N2O. The van der Waals surface area contributed by atoms with Gasteiger partial charge in [-0.05, 0) is 25.5 Å². The summed E-state index contributed by atoms with van der Waals surface area (Å²) in [6.45, 7) is 4.18. The van der Waals surface area contributed by atoms with Gasteiger partial charge in [-0.2, -0.15) is 0 Å². The lowest BCUT2D eigenvalue weighted by molar-refractivity contribution is 0.248. The molecule has 0 aliphatic heterocycles. The van der Waals surface area contributed by atoms with Crippen LogP contribution in [0.2, 0.25) is 0 Å². The minimum absolute atomic E-state index is 0.246. The van der Waals surface area contributed by atoms with Gasteiger partial charge in [-0.3, -0.25) is 5.01 Å². The molecule has 0 saturated carbocycles. The van der Waals surface area contributed by atoms with Crippen molar-refractivity contribution in [1.29, 1.82) is 0 Å². The van der Waals surface area contributed by atoms with Crippen LogP contribution >= 0.6 is 0 Å². The lowest BCUT2D eigenvalue weighted by atomic mass is 10.1. The van der Waals surface area contributed by atoms with Gasteiger partial charge in [0.1, 0.15) is 5.75 Å². The normalized spacial score (nSPS) is 12.9. The predicted molar refractivity (Wildman–Crippen MR) is 63.0 cm³/mol. The molecule has 1 atom stereocenters. The van der Waals surface area contributed by atoms with Crippen LogP contribution in [0.5, 0.6) is 5.75 Å². The molecule has 0 saturated heterocycles. The van der Waals surface area contributed by atoms with E-state index in [-0.39, 0.29) is 6.04 Å². The van der Waals surface area contributed by atoms with Crippen molar-refractivity contribution in [2.24, 2.45) is 0 Å². The Balaban J connectivity index is 2.92. The highest BCUT2D eigenvalue weighted by atomic mass is 16.5. The number of ether oxygens (including phenoxy) is 1. The standard InChI is InChI=1S/C12H20N2O/c1-9-6-7-11(12(8-9)15-5)10(2)13-14(3)4/h6-8,10,13H,1-5H3. The molecule has 0 amide bonds. The monoisotopic (exact) mass is 208 g/mol. The molecule has 15 heavy (non-hydrogen) atoms. The van der Waals surface area contributed by atoms with Gasteiger partial charge in [0.15, 0.2) is 0 Å². The van der Waals surface area contributed by atoms with Gasteiger partial charge < -0.3 is 4.74 Å². The maximum absolute atomic E-state index is 5.37. The van der Waals surface area contributed by atoms with Crippen LogP contribution in [-0.4, -0.2) is 26.2 Å². The number of aryl methyl sites for hydroxylation is 1. The summed E-state index contributed by atoms with van der Waals surface area (Å²) in [6.07, 6.45) is 0. The number of hydrogen-bond donors (Lipinski definition) is 1. The predicted octanol–water partition coefficient (Wildman–Crippen LogP) is 2.13. The van der Waals surface area contributed by atoms with Gasteiger partial charge in [0.2, 0.25) is 0 Å². The van der Waals surface area contributed by atoms with E-state index in [0.717, 1.165) is 5.75 Å². The highest BCUT2D eigenvalue weighted by Gasteiger charge is 2.11. The van der Waals surface area contributed by atoms with E-state index in [1.54, 1.807) is 7.11 Å². The smallest absolute Gasteiger partial charge is 0.123 e. The van der Waals surface area contributed by atoms with Crippen molar-refractivity contribution in [3.63, 3.8) is 0 Å². The first kappa shape index (κ1) is 12.0. The lowest BCUT2D eigenvalue weighted by Crippen LogP contribution is -2.32. The molecule has 0 spiro atoms. The molecule has 1 unspecified atom stereocenters. The molecule has 1 rings (SSSR count). The minimum atomic E-state index is 0.246. The summed E-state index contributed by atoms with van der Waals surface area (Å²) in [6, 6.07) is 6.51. The Bertz CT molecular complexity index is 323. The van der Waals surface area contributed by atoms with E-state index < -0.39 is 0 Å². The van der Waals surface area contributed by atoms with E-state index in [9.17, 15) is 0 Å². The van der Waals surface area contributed by atoms with Crippen LogP contribution in [0, 0.1) is 6.92 Å². The van der Waals surface area contributed by atoms with Crippen LogP contribution in [0.15, 0.2) is 18.2 Å². The fraction of sp³-hybridized carbons (Fsp3) is 0.500. The molecule has 3 nitrogen and oxygen atoms in total. The second kappa shape index (κ2) is 5.14. The maximum Gasteiger partial charge on any atom is 0.123 e. The van der Waals surface area contributed by atoms with Gasteiger partial charge in [0.05, 0.1) is 7.11 Å². The highest BCUT2D eigenvalue weighted by molar-refractivity contribution is 5.38. The number of rotatable bonds is 4. The van der Waals surface area contributed by atoms with Crippen molar-refractivity contribution in [1.82, 2.24) is 10.4 Å². The van der Waals surface area contributed by atoms with Crippen LogP contribution in [0.25, 0.3) is 0 Å². The summed E-state index contributed by atoms with van der Waals surface area (Å²) >= 11 is 0. The third kappa shape index (κ3) is 3.22. The molecule has 1 aromatic rings. The molecule has 0 aromatic heterocycles. The van der Waals surface area contributed by atoms with Crippen LogP contribution in [0.4, 0.5) is 0 Å². The number of hydrogen-bond acceptors (Lipinski definition) is 3. The van der Waals surface area contributed by atoms with Crippen LogP contribution in [0.1, 0.15) is 24.1 Å². The second-order valence-corrected chi connectivity index (χ2v) is 3.99. The maximum atomic E-state index is 5.37. The zero-order chi connectivity index (χ0) is 11.4. The van der Waals surface area contributed by atoms with Crippen LogP contribution in [0.3, 0.4) is 0 Å². The Morgan fingerprint density at radius 3 is 2.53 bits per heavy atom. The van der Waals surface area contributed by atoms with Gasteiger partial charge in [-0.1, -0.05) is 12.1 Å². The Morgan fingerprint density at radius 1 is 1.33 bits per heavy atom. The number of hydrazine groups is 1. The van der Waals surface area contributed by atoms with Crippen molar-refractivity contribution in [3.05, 3.63) is 29.3 Å². The molecule has 84 valence electrons. The summed E-state index contributed by atoms with van der Waals surface area (Å²) in [5.74, 6) is 0.942. The first-order valence-electron chi connectivity index (χ1n) is 5.12. The van der Waals surface area contributed by atoms with Crippen molar-refractivity contribution in [2.75, 3.05) is 21.2 Å². The van der Waals surface area contributed by atoms with E-state index in [2.05, 4.69) is 37.5 Å². The van der Waals surface area contributed by atoms with Gasteiger partial charge >= 0.3 is 0 Å². The van der Waals surface area contributed by atoms with Gasteiger partial charge in [-0.15, -0.1) is 0 Å². The van der Waals surface area contributed by atoms with Gasteiger partial charge in [-0.25, -0.2) is 5.43 Å². The zero-order valence-corrected chi connectivity index (χ0v) is 10.2. The number of nitrogens with zero attached hydrogens (tertiary/aromatic N) is 1. The summed E-state index contributed by atoms with van der Waals surface area (Å²) in [4.78, 5) is 0. The Kier molecular flexibility index (Phi) is 4.12. The average Bonchev–Trinajstić information content (AvgIpc) is 2.16. The molecule has 1 N–H and O–H groups in total. The van der Waals surface area contributed by atoms with E-state index in [4.69, 9.17) is 4.74 Å². The van der Waals surface area contributed by atoms with Crippen molar-refractivity contribution in [2.45, 2.75) is 19.9 Å². The minimum Gasteiger partial charge on any atom is -0.496 e. The number of benzene rings is 1. The third-order valence-electron chi connectivity index (χ3n) is 2.31. The van der Waals surface area contributed by atoms with Crippen molar-refractivity contribution >= 4 is 0 Å². The fourth-order valence-electron chi connectivity index (χ4n) is 1.63. The summed E-state index contributed by atoms with van der Waals surface area (Å²) < 4.78 is 5.37. The molecule has 0 aliphatic rings. The average molecular weight is 208 g/mol. The number of methoxy groups -OCH3 is 1. The molecule has 0 heterocycles. The Morgan fingerprint density at radius 2 is 2.00 bits per heavy atom. The zero-order valence-electron chi connectivity index (χ0n) is 10.2. The van der Waals surface area contributed by atoms with Gasteiger partial charge in [0, 0.05) is 25.7 Å².